The third-order valence-corrected chi connectivity index (χ3v) is 4.04. The Balaban J connectivity index is 2.19. The van der Waals surface area contributed by atoms with Gasteiger partial charge in [-0.25, -0.2) is 8.42 Å². The zero-order valence-corrected chi connectivity index (χ0v) is 9.82. The summed E-state index contributed by atoms with van der Waals surface area (Å²) in [5, 5.41) is 14.4. The van der Waals surface area contributed by atoms with Gasteiger partial charge < -0.3 is 0 Å². The van der Waals surface area contributed by atoms with E-state index in [1.165, 1.54) is 24.3 Å². The van der Waals surface area contributed by atoms with E-state index >= 15 is 0 Å². The lowest BCUT2D eigenvalue weighted by atomic mass is 10.4. The van der Waals surface area contributed by atoms with E-state index < -0.39 is 9.84 Å². The topological polar surface area (TPSA) is 90.1 Å². The molecular weight excluding hydrogens is 254 g/mol. The highest BCUT2D eigenvalue weighted by Crippen LogP contribution is 2.17. The molecular formula is C10H7N5O2S. The van der Waals surface area contributed by atoms with Crippen LogP contribution in [-0.4, -0.2) is 33.7 Å². The monoisotopic (exact) mass is 261 g/mol. The first-order chi connectivity index (χ1) is 8.68. The fourth-order valence-electron chi connectivity index (χ4n) is 1.50. The van der Waals surface area contributed by atoms with Crippen LogP contribution in [0.4, 0.5) is 0 Å². The average Bonchev–Trinajstić information content (AvgIpc) is 2.87. The van der Waals surface area contributed by atoms with Crippen molar-refractivity contribution < 1.29 is 8.42 Å². The Morgan fingerprint density at radius 1 is 1.00 bits per heavy atom. The number of benzene rings is 1. The van der Waals surface area contributed by atoms with Crippen molar-refractivity contribution in [2.75, 3.05) is 0 Å². The molecule has 0 fully saturated rings. The van der Waals surface area contributed by atoms with Crippen LogP contribution in [-0.2, 0) is 9.84 Å². The van der Waals surface area contributed by atoms with Gasteiger partial charge >= 0.3 is 0 Å². The maximum absolute atomic E-state index is 12.3. The predicted octanol–water partition coefficient (Wildman–Crippen LogP) is 0.352. The minimum atomic E-state index is -3.64. The zero-order valence-electron chi connectivity index (χ0n) is 9.00. The number of nitrogens with zero attached hydrogens (tertiary/aromatic N) is 5. The van der Waals surface area contributed by atoms with Crippen molar-refractivity contribution in [3.05, 3.63) is 42.5 Å². The van der Waals surface area contributed by atoms with E-state index in [9.17, 15) is 8.42 Å². The number of aromatic nitrogens is 5. The number of sulfone groups is 1. The molecule has 0 unspecified atom stereocenters. The number of tetrazole rings is 1. The number of fused-ring (bicyclic) bond motifs is 1. The van der Waals surface area contributed by atoms with Crippen molar-refractivity contribution in [3.63, 3.8) is 0 Å². The molecule has 8 heteroatoms. The molecule has 0 saturated carbocycles. The SMILES string of the molecule is O=S(=O)(c1ccccc1)c1ccc2nnnn2n1. The van der Waals surface area contributed by atoms with Gasteiger partial charge in [0.15, 0.2) is 10.7 Å². The van der Waals surface area contributed by atoms with Crippen LogP contribution in [0.25, 0.3) is 5.65 Å². The molecule has 0 bridgehead atoms. The molecule has 0 N–H and O–H groups in total. The molecule has 1 aromatic carbocycles. The summed E-state index contributed by atoms with van der Waals surface area (Å²) < 4.78 is 25.6. The minimum Gasteiger partial charge on any atom is -0.217 e. The molecule has 3 rings (SSSR count). The molecule has 7 nitrogen and oxygen atoms in total. The Labute approximate surface area is 102 Å². The van der Waals surface area contributed by atoms with E-state index in [1.54, 1.807) is 18.2 Å². The largest absolute Gasteiger partial charge is 0.225 e. The van der Waals surface area contributed by atoms with Gasteiger partial charge in [0.1, 0.15) is 0 Å². The first kappa shape index (κ1) is 10.8. The molecule has 0 saturated heterocycles. The molecule has 18 heavy (non-hydrogen) atoms. The molecule has 0 amide bonds. The van der Waals surface area contributed by atoms with E-state index in [1.807, 2.05) is 0 Å². The van der Waals surface area contributed by atoms with Crippen LogP contribution in [0, 0.1) is 0 Å². The van der Waals surface area contributed by atoms with Crippen LogP contribution in [0.15, 0.2) is 52.4 Å². The van der Waals surface area contributed by atoms with Crippen LogP contribution in [0.2, 0.25) is 0 Å². The lowest BCUT2D eigenvalue weighted by Gasteiger charge is -2.02. The summed E-state index contributed by atoms with van der Waals surface area (Å²) in [6, 6.07) is 11.0. The summed E-state index contributed by atoms with van der Waals surface area (Å²) in [5.74, 6) is 0. The van der Waals surface area contributed by atoms with Crippen molar-refractivity contribution in [3.8, 4) is 0 Å². The molecule has 0 spiro atoms. The summed E-state index contributed by atoms with van der Waals surface area (Å²) >= 11 is 0. The van der Waals surface area contributed by atoms with Gasteiger partial charge in [-0.15, -0.1) is 14.8 Å². The molecule has 90 valence electrons. The van der Waals surface area contributed by atoms with Crippen LogP contribution in [0.3, 0.4) is 0 Å². The van der Waals surface area contributed by atoms with Crippen LogP contribution in [0.1, 0.15) is 0 Å². The lowest BCUT2D eigenvalue weighted by Crippen LogP contribution is -2.07. The van der Waals surface area contributed by atoms with Gasteiger partial charge in [0.05, 0.1) is 4.90 Å². The molecule has 2 aromatic heterocycles. The number of hydrogen-bond donors (Lipinski definition) is 0. The highest BCUT2D eigenvalue weighted by Gasteiger charge is 2.19. The van der Waals surface area contributed by atoms with Crippen LogP contribution >= 0.6 is 0 Å². The van der Waals surface area contributed by atoms with Gasteiger partial charge in [-0.1, -0.05) is 18.2 Å². The fraction of sp³-hybridized carbons (Fsp3) is 0. The summed E-state index contributed by atoms with van der Waals surface area (Å²) in [4.78, 5) is 0.185. The van der Waals surface area contributed by atoms with Gasteiger partial charge in [-0.05, 0) is 34.7 Å². The molecule has 0 atom stereocenters. The molecule has 0 aliphatic carbocycles. The number of hydrogen-bond acceptors (Lipinski definition) is 6. The highest BCUT2D eigenvalue weighted by atomic mass is 32.2. The average molecular weight is 261 g/mol. The third-order valence-electron chi connectivity index (χ3n) is 2.37. The first-order valence-corrected chi connectivity index (χ1v) is 6.52. The molecule has 0 aliphatic heterocycles. The van der Waals surface area contributed by atoms with E-state index in [4.69, 9.17) is 0 Å². The smallest absolute Gasteiger partial charge is 0.217 e. The minimum absolute atomic E-state index is 0.0894. The summed E-state index contributed by atoms with van der Waals surface area (Å²) in [6.45, 7) is 0. The van der Waals surface area contributed by atoms with E-state index in [0.717, 1.165) is 4.63 Å². The van der Waals surface area contributed by atoms with Gasteiger partial charge in [0.25, 0.3) is 0 Å². The lowest BCUT2D eigenvalue weighted by molar-refractivity contribution is 0.584. The normalized spacial score (nSPS) is 11.8. The first-order valence-electron chi connectivity index (χ1n) is 5.03. The van der Waals surface area contributed by atoms with Crippen LogP contribution in [0.5, 0.6) is 0 Å². The van der Waals surface area contributed by atoms with Gasteiger partial charge in [0, 0.05) is 0 Å². The second-order valence-electron chi connectivity index (χ2n) is 3.51. The maximum atomic E-state index is 12.3. The Hall–Kier alpha value is -2.35. The Morgan fingerprint density at radius 2 is 1.78 bits per heavy atom. The molecule has 0 radical (unpaired) electrons. The summed E-state index contributed by atoms with van der Waals surface area (Å²) in [5.41, 5.74) is 0.391. The summed E-state index contributed by atoms with van der Waals surface area (Å²) in [6.07, 6.45) is 0. The molecule has 2 heterocycles. The van der Waals surface area contributed by atoms with Crippen LogP contribution < -0.4 is 0 Å². The molecule has 3 aromatic rings. The fourth-order valence-corrected chi connectivity index (χ4v) is 2.69. The standard InChI is InChI=1S/C10H7N5O2S/c16-18(17,8-4-2-1-3-5-8)10-7-6-9-11-13-14-15(9)12-10/h1-7H. The van der Waals surface area contributed by atoms with Crippen molar-refractivity contribution >= 4 is 15.5 Å². The number of rotatable bonds is 2. The predicted molar refractivity (Wildman–Crippen MR) is 60.5 cm³/mol. The Kier molecular flexibility index (Phi) is 2.30. The highest BCUT2D eigenvalue weighted by molar-refractivity contribution is 7.91. The van der Waals surface area contributed by atoms with Crippen molar-refractivity contribution in [2.45, 2.75) is 9.92 Å². The second kappa shape index (κ2) is 3.84. The zero-order chi connectivity index (χ0) is 12.6. The van der Waals surface area contributed by atoms with Gasteiger partial charge in [-0.2, -0.15) is 0 Å². The van der Waals surface area contributed by atoms with Crippen molar-refractivity contribution in [1.29, 1.82) is 0 Å². The quantitative estimate of drug-likeness (QED) is 0.661. The Morgan fingerprint density at radius 3 is 2.56 bits per heavy atom. The maximum Gasteiger partial charge on any atom is 0.225 e. The summed E-state index contributed by atoms with van der Waals surface area (Å²) in [7, 11) is -3.64. The third kappa shape index (κ3) is 1.63. The molecule has 0 aliphatic rings. The van der Waals surface area contributed by atoms with Crippen molar-refractivity contribution in [1.82, 2.24) is 25.3 Å². The van der Waals surface area contributed by atoms with Crippen molar-refractivity contribution in [2.24, 2.45) is 0 Å². The second-order valence-corrected chi connectivity index (χ2v) is 5.41. The van der Waals surface area contributed by atoms with E-state index in [0.29, 0.717) is 5.65 Å². The van der Waals surface area contributed by atoms with Gasteiger partial charge in [0.2, 0.25) is 9.84 Å². The van der Waals surface area contributed by atoms with E-state index in [2.05, 4.69) is 20.6 Å². The van der Waals surface area contributed by atoms with E-state index in [-0.39, 0.29) is 9.92 Å². The Bertz CT molecular complexity index is 797. The van der Waals surface area contributed by atoms with Gasteiger partial charge in [-0.3, -0.25) is 0 Å².